The average molecular weight is 411 g/mol. The molecule has 2 saturated heterocycles. The molecule has 0 aromatic heterocycles. The first kappa shape index (κ1) is 22.6. The van der Waals surface area contributed by atoms with E-state index in [1.807, 2.05) is 13.0 Å². The maximum absolute atomic E-state index is 12.3. The first-order valence-electron chi connectivity index (χ1n) is 10.8. The van der Waals surface area contributed by atoms with Gasteiger partial charge in [0.1, 0.15) is 11.9 Å². The highest BCUT2D eigenvalue weighted by Crippen LogP contribution is 2.37. The molecule has 8 atom stereocenters. The van der Waals surface area contributed by atoms with E-state index in [0.29, 0.717) is 6.42 Å². The molecule has 0 aromatic carbocycles. The van der Waals surface area contributed by atoms with Gasteiger partial charge in [0.25, 0.3) is 0 Å². The van der Waals surface area contributed by atoms with E-state index < -0.39 is 30.3 Å². The number of aliphatic hydroxyl groups is 3. The summed E-state index contributed by atoms with van der Waals surface area (Å²) in [6.45, 7) is 3.79. The summed E-state index contributed by atoms with van der Waals surface area (Å²) in [6.07, 6.45) is 2.53. The van der Waals surface area contributed by atoms with Gasteiger partial charge in [-0.2, -0.15) is 0 Å². The molecule has 3 aliphatic rings. The number of ketones is 2. The second kappa shape index (κ2) is 9.79. The minimum Gasteiger partial charge on any atom is -0.393 e. The van der Waals surface area contributed by atoms with E-state index in [4.69, 9.17) is 9.47 Å². The minimum atomic E-state index is -1.11. The highest BCUT2D eigenvalue weighted by molar-refractivity contribution is 6.07. The zero-order chi connectivity index (χ0) is 21.1. The SMILES string of the molecule is C[C@H]([C@@H]1O[C@H]1C[C@@H]1OC[C@H](CC(=O)CC(=O)C2=CCCCC2)[C@@H](O)[C@H]1O)[C@H](C)O. The Bertz CT molecular complexity index is 629. The third-order valence-electron chi connectivity index (χ3n) is 6.60. The lowest BCUT2D eigenvalue weighted by Crippen LogP contribution is -2.51. The summed E-state index contributed by atoms with van der Waals surface area (Å²) in [5.74, 6) is -0.873. The van der Waals surface area contributed by atoms with Crippen molar-refractivity contribution in [1.82, 2.24) is 0 Å². The van der Waals surface area contributed by atoms with E-state index in [2.05, 4.69) is 0 Å². The van der Waals surface area contributed by atoms with Gasteiger partial charge in [-0.05, 0) is 38.2 Å². The van der Waals surface area contributed by atoms with Gasteiger partial charge in [0.2, 0.25) is 0 Å². The Kier molecular flexibility index (Phi) is 7.62. The lowest BCUT2D eigenvalue weighted by atomic mass is 9.85. The molecule has 0 spiro atoms. The van der Waals surface area contributed by atoms with Crippen LogP contribution in [0.1, 0.15) is 58.8 Å². The van der Waals surface area contributed by atoms with Crippen LogP contribution in [0.5, 0.6) is 0 Å². The first-order chi connectivity index (χ1) is 13.8. The molecule has 0 bridgehead atoms. The Hall–Kier alpha value is -1.12. The highest BCUT2D eigenvalue weighted by Gasteiger charge is 2.48. The molecular weight excluding hydrogens is 376 g/mol. The predicted molar refractivity (Wildman–Crippen MR) is 105 cm³/mol. The fourth-order valence-corrected chi connectivity index (χ4v) is 4.39. The summed E-state index contributed by atoms with van der Waals surface area (Å²) in [5, 5.41) is 30.6. The summed E-state index contributed by atoms with van der Waals surface area (Å²) in [5.41, 5.74) is 0.746. The summed E-state index contributed by atoms with van der Waals surface area (Å²) in [4.78, 5) is 24.6. The quantitative estimate of drug-likeness (QED) is 0.388. The molecule has 0 aromatic rings. The van der Waals surface area contributed by atoms with Crippen molar-refractivity contribution >= 4 is 11.6 Å². The predicted octanol–water partition coefficient (Wildman–Crippen LogP) is 1.32. The molecule has 7 heteroatoms. The number of Topliss-reactive ketones (excluding diaryl/α,β-unsaturated/α-hetero) is 2. The lowest BCUT2D eigenvalue weighted by Gasteiger charge is -2.37. The van der Waals surface area contributed by atoms with Crippen LogP contribution < -0.4 is 0 Å². The normalized spacial score (nSPS) is 36.8. The fraction of sp³-hybridized carbons (Fsp3) is 0.818. The Morgan fingerprint density at radius 2 is 1.93 bits per heavy atom. The topological polar surface area (TPSA) is 117 Å². The number of carbonyl (C=O) groups is 2. The van der Waals surface area contributed by atoms with E-state index in [9.17, 15) is 24.9 Å². The van der Waals surface area contributed by atoms with Crippen LogP contribution in [0.15, 0.2) is 11.6 Å². The summed E-state index contributed by atoms with van der Waals surface area (Å²) < 4.78 is 11.3. The summed E-state index contributed by atoms with van der Waals surface area (Å²) >= 11 is 0. The zero-order valence-corrected chi connectivity index (χ0v) is 17.3. The number of rotatable bonds is 9. The monoisotopic (exact) mass is 410 g/mol. The second-order valence-electron chi connectivity index (χ2n) is 8.91. The molecule has 7 nitrogen and oxygen atoms in total. The molecule has 0 unspecified atom stereocenters. The van der Waals surface area contributed by atoms with Crippen LogP contribution in [0.4, 0.5) is 0 Å². The molecule has 2 heterocycles. The van der Waals surface area contributed by atoms with Gasteiger partial charge in [-0.25, -0.2) is 0 Å². The Morgan fingerprint density at radius 1 is 1.17 bits per heavy atom. The van der Waals surface area contributed by atoms with E-state index in [0.717, 1.165) is 31.3 Å². The third-order valence-corrected chi connectivity index (χ3v) is 6.60. The molecule has 3 N–H and O–H groups in total. The summed E-state index contributed by atoms with van der Waals surface area (Å²) in [6, 6.07) is 0. The van der Waals surface area contributed by atoms with Gasteiger partial charge in [-0.3, -0.25) is 9.59 Å². The maximum Gasteiger partial charge on any atom is 0.165 e. The number of hydrogen-bond acceptors (Lipinski definition) is 7. The second-order valence-corrected chi connectivity index (χ2v) is 8.91. The molecule has 29 heavy (non-hydrogen) atoms. The minimum absolute atomic E-state index is 0.00663. The molecule has 164 valence electrons. The van der Waals surface area contributed by atoms with Crippen molar-refractivity contribution in [3.63, 3.8) is 0 Å². The maximum atomic E-state index is 12.3. The van der Waals surface area contributed by atoms with Crippen molar-refractivity contribution in [1.29, 1.82) is 0 Å². The summed E-state index contributed by atoms with van der Waals surface area (Å²) in [7, 11) is 0. The molecule has 0 saturated carbocycles. The van der Waals surface area contributed by atoms with Gasteiger partial charge < -0.3 is 24.8 Å². The first-order valence-corrected chi connectivity index (χ1v) is 10.8. The van der Waals surface area contributed by atoms with Gasteiger partial charge in [0, 0.05) is 24.7 Å². The Morgan fingerprint density at radius 3 is 2.59 bits per heavy atom. The molecule has 0 radical (unpaired) electrons. The van der Waals surface area contributed by atoms with Crippen molar-refractivity contribution < 1.29 is 34.4 Å². The van der Waals surface area contributed by atoms with Gasteiger partial charge >= 0.3 is 0 Å². The fourth-order valence-electron chi connectivity index (χ4n) is 4.39. The lowest BCUT2D eigenvalue weighted by molar-refractivity contribution is -0.170. The number of hydrogen-bond donors (Lipinski definition) is 3. The third kappa shape index (κ3) is 5.73. The van der Waals surface area contributed by atoms with Crippen molar-refractivity contribution in [2.24, 2.45) is 11.8 Å². The van der Waals surface area contributed by atoms with Crippen LogP contribution >= 0.6 is 0 Å². The molecular formula is C22H34O7. The van der Waals surface area contributed by atoms with E-state index >= 15 is 0 Å². The van der Waals surface area contributed by atoms with Crippen LogP contribution in [0.25, 0.3) is 0 Å². The number of carbonyl (C=O) groups excluding carboxylic acids is 2. The van der Waals surface area contributed by atoms with Crippen LogP contribution in [-0.2, 0) is 19.1 Å². The number of ether oxygens (including phenoxy) is 2. The number of epoxide rings is 1. The van der Waals surface area contributed by atoms with Gasteiger partial charge in [0.05, 0.1) is 43.5 Å². The number of aliphatic hydroxyl groups excluding tert-OH is 3. The smallest absolute Gasteiger partial charge is 0.165 e. The van der Waals surface area contributed by atoms with Crippen LogP contribution in [0.3, 0.4) is 0 Å². The molecule has 3 rings (SSSR count). The van der Waals surface area contributed by atoms with Gasteiger partial charge in [-0.1, -0.05) is 13.0 Å². The standard InChI is InChI=1S/C22H34O7/c1-12(13(2)23)22-19(29-22)10-18-21(27)20(26)15(11-28-18)8-16(24)9-17(25)14-6-4-3-5-7-14/h6,12-13,15,18-23,26-27H,3-5,7-11H2,1-2H3/t12-,13-,15-,18-,19-,20+,21-,22-/m0/s1. The van der Waals surface area contributed by atoms with Gasteiger partial charge in [-0.15, -0.1) is 0 Å². The Balaban J connectivity index is 1.44. The van der Waals surface area contributed by atoms with Crippen LogP contribution in [-0.4, -0.2) is 70.1 Å². The Labute approximate surface area is 172 Å². The van der Waals surface area contributed by atoms with Crippen molar-refractivity contribution in [3.8, 4) is 0 Å². The average Bonchev–Trinajstić information content (AvgIpc) is 3.46. The number of allylic oxidation sites excluding steroid dienone is 2. The van der Waals surface area contributed by atoms with E-state index in [-0.39, 0.29) is 49.1 Å². The van der Waals surface area contributed by atoms with Crippen molar-refractivity contribution in [2.75, 3.05) is 6.61 Å². The van der Waals surface area contributed by atoms with Crippen molar-refractivity contribution in [2.45, 2.75) is 95.4 Å². The molecule has 2 fully saturated rings. The molecule has 0 amide bonds. The molecule has 1 aliphatic carbocycles. The van der Waals surface area contributed by atoms with Crippen molar-refractivity contribution in [3.05, 3.63) is 11.6 Å². The zero-order valence-electron chi connectivity index (χ0n) is 17.3. The van der Waals surface area contributed by atoms with Crippen LogP contribution in [0.2, 0.25) is 0 Å². The van der Waals surface area contributed by atoms with Gasteiger partial charge in [0.15, 0.2) is 5.78 Å². The highest BCUT2D eigenvalue weighted by atomic mass is 16.6. The molecule has 2 aliphatic heterocycles. The van der Waals surface area contributed by atoms with E-state index in [1.165, 1.54) is 0 Å². The van der Waals surface area contributed by atoms with Crippen LogP contribution in [0, 0.1) is 11.8 Å². The largest absolute Gasteiger partial charge is 0.393 e. The van der Waals surface area contributed by atoms with E-state index in [1.54, 1.807) is 6.92 Å².